The van der Waals surface area contributed by atoms with Crippen molar-refractivity contribution < 1.29 is 32.5 Å². The second-order valence-electron chi connectivity index (χ2n) is 9.85. The van der Waals surface area contributed by atoms with E-state index in [0.29, 0.717) is 36.2 Å². The number of hydrogen-bond donors (Lipinski definition) is 1. The molecule has 0 unspecified atom stereocenters. The Morgan fingerprint density at radius 2 is 1.93 bits per heavy atom. The number of hydrogen-bond acceptors (Lipinski definition) is 8. The van der Waals surface area contributed by atoms with Crippen molar-refractivity contribution in [3.05, 3.63) is 64.4 Å². The van der Waals surface area contributed by atoms with Crippen molar-refractivity contribution in [2.75, 3.05) is 43.7 Å². The van der Waals surface area contributed by atoms with Gasteiger partial charge in [0.15, 0.2) is 0 Å². The molecule has 0 saturated carbocycles. The topological polar surface area (TPSA) is 77.8 Å². The van der Waals surface area contributed by atoms with E-state index in [2.05, 4.69) is 11.8 Å². The van der Waals surface area contributed by atoms with Crippen LogP contribution in [-0.2, 0) is 11.0 Å². The fourth-order valence-electron chi connectivity index (χ4n) is 5.49. The van der Waals surface area contributed by atoms with Crippen molar-refractivity contribution in [3.63, 3.8) is 0 Å². The summed E-state index contributed by atoms with van der Waals surface area (Å²) in [5.41, 5.74) is 0.908. The molecule has 218 valence electrons. The van der Waals surface area contributed by atoms with Crippen molar-refractivity contribution in [2.45, 2.75) is 38.0 Å². The summed E-state index contributed by atoms with van der Waals surface area (Å²) in [5, 5.41) is 11.7. The predicted molar refractivity (Wildman–Crippen MR) is 153 cm³/mol. The molecule has 5 rings (SSSR count). The van der Waals surface area contributed by atoms with Crippen molar-refractivity contribution in [1.29, 1.82) is 0 Å². The Labute approximate surface area is 240 Å². The van der Waals surface area contributed by atoms with E-state index in [9.17, 15) is 23.1 Å². The average molecular weight is 589 g/mol. The second-order valence-corrected chi connectivity index (χ2v) is 10.8. The van der Waals surface area contributed by atoms with Crippen LogP contribution in [0.1, 0.15) is 36.2 Å². The lowest BCUT2D eigenvalue weighted by molar-refractivity contribution is -0.138. The Morgan fingerprint density at radius 3 is 2.61 bits per heavy atom. The third kappa shape index (κ3) is 5.65. The maximum absolute atomic E-state index is 13.9. The van der Waals surface area contributed by atoms with Crippen LogP contribution in [0.3, 0.4) is 0 Å². The number of carbonyl (C=O) groups is 1. The standard InChI is InChI=1S/C29H31F3N4O4S/c1-4-19-17-34(11-12-35(19)20-6-5-7-21(15-20)39-2)28-33-22-10-13-41-27(22)24(16-26(37)38)36(28)23-14-18(29(30,31)32)8-9-25(23)40-3/h5-10,13-15,19,24H,4,11-12,16-17H2,1-3H3,(H,37,38)/t19-,24+/m1/s1. The van der Waals surface area contributed by atoms with Gasteiger partial charge in [-0.25, -0.2) is 4.99 Å². The van der Waals surface area contributed by atoms with Crippen LogP contribution >= 0.6 is 11.3 Å². The molecule has 1 aromatic heterocycles. The van der Waals surface area contributed by atoms with E-state index in [1.165, 1.54) is 24.5 Å². The first kappa shape index (κ1) is 28.6. The summed E-state index contributed by atoms with van der Waals surface area (Å²) in [7, 11) is 3.01. The minimum absolute atomic E-state index is 0.0607. The Hall–Kier alpha value is -3.93. The number of thiophene rings is 1. The lowest BCUT2D eigenvalue weighted by atomic mass is 10.0. The zero-order chi connectivity index (χ0) is 29.3. The number of guanidine groups is 1. The lowest BCUT2D eigenvalue weighted by Gasteiger charge is -2.47. The van der Waals surface area contributed by atoms with Crippen LogP contribution in [0.25, 0.3) is 0 Å². The summed E-state index contributed by atoms with van der Waals surface area (Å²) in [6.45, 7) is 3.76. The van der Waals surface area contributed by atoms with Gasteiger partial charge in [0, 0.05) is 37.4 Å². The van der Waals surface area contributed by atoms with Gasteiger partial charge >= 0.3 is 12.1 Å². The van der Waals surface area contributed by atoms with Crippen LogP contribution in [0.4, 0.5) is 30.2 Å². The molecular formula is C29H31F3N4O4S. The Morgan fingerprint density at radius 1 is 1.12 bits per heavy atom. The van der Waals surface area contributed by atoms with E-state index >= 15 is 0 Å². The molecule has 0 spiro atoms. The summed E-state index contributed by atoms with van der Waals surface area (Å²) in [6.07, 6.45) is -4.12. The quantitative estimate of drug-likeness (QED) is 0.342. The normalized spacial score (nSPS) is 19.1. The molecule has 0 aliphatic carbocycles. The zero-order valence-corrected chi connectivity index (χ0v) is 23.7. The van der Waals surface area contributed by atoms with Gasteiger partial charge in [0.25, 0.3) is 0 Å². The molecule has 1 N–H and O–H groups in total. The van der Waals surface area contributed by atoms with Crippen LogP contribution in [0.5, 0.6) is 11.5 Å². The van der Waals surface area contributed by atoms with Gasteiger partial charge in [0.05, 0.1) is 48.5 Å². The number of alkyl halides is 3. The second kappa shape index (κ2) is 11.5. The van der Waals surface area contributed by atoms with Crippen LogP contribution < -0.4 is 19.3 Å². The fourth-order valence-corrected chi connectivity index (χ4v) is 6.42. The number of carboxylic acid groups (broad SMARTS) is 1. The van der Waals surface area contributed by atoms with Gasteiger partial charge in [0.2, 0.25) is 5.96 Å². The summed E-state index contributed by atoms with van der Waals surface area (Å²) >= 11 is 1.34. The van der Waals surface area contributed by atoms with Crippen molar-refractivity contribution in [2.24, 2.45) is 4.99 Å². The van der Waals surface area contributed by atoms with Crippen LogP contribution in [0, 0.1) is 0 Å². The SMILES string of the molecule is CC[C@@H]1CN(C2=Nc3ccsc3[C@H](CC(=O)O)N2c2cc(C(F)(F)F)ccc2OC)CCN1c1cccc(OC)c1. The molecule has 12 heteroatoms. The minimum atomic E-state index is -4.60. The monoisotopic (exact) mass is 588 g/mol. The van der Waals surface area contributed by atoms with E-state index in [0.717, 1.165) is 30.0 Å². The molecule has 3 heterocycles. The highest BCUT2D eigenvalue weighted by Gasteiger charge is 2.41. The van der Waals surface area contributed by atoms with E-state index in [4.69, 9.17) is 14.5 Å². The number of halogens is 3. The molecule has 3 aromatic rings. The molecule has 8 nitrogen and oxygen atoms in total. The summed E-state index contributed by atoms with van der Waals surface area (Å²) in [4.78, 5) is 23.6. The van der Waals surface area contributed by atoms with E-state index in [1.807, 2.05) is 40.6 Å². The average Bonchev–Trinajstić information content (AvgIpc) is 3.44. The first-order valence-corrected chi connectivity index (χ1v) is 14.1. The number of carboxylic acids is 1. The summed E-state index contributed by atoms with van der Waals surface area (Å²) in [5.74, 6) is 0.285. The molecule has 1 fully saturated rings. The summed E-state index contributed by atoms with van der Waals surface area (Å²) < 4.78 is 52.5. The number of piperazine rings is 1. The molecule has 41 heavy (non-hydrogen) atoms. The third-order valence-electron chi connectivity index (χ3n) is 7.48. The highest BCUT2D eigenvalue weighted by atomic mass is 32.1. The molecule has 0 radical (unpaired) electrons. The molecule has 2 aliphatic heterocycles. The minimum Gasteiger partial charge on any atom is -0.497 e. The number of fused-ring (bicyclic) bond motifs is 1. The fraction of sp³-hybridized carbons (Fsp3) is 0.379. The molecule has 0 amide bonds. The first-order chi connectivity index (χ1) is 19.6. The Kier molecular flexibility index (Phi) is 8.03. The summed E-state index contributed by atoms with van der Waals surface area (Å²) in [6, 6.07) is 12.2. The van der Waals surface area contributed by atoms with Gasteiger partial charge in [-0.1, -0.05) is 13.0 Å². The number of methoxy groups -OCH3 is 2. The Bertz CT molecular complexity index is 1440. The van der Waals surface area contributed by atoms with E-state index in [1.54, 1.807) is 12.0 Å². The van der Waals surface area contributed by atoms with Crippen molar-refractivity contribution >= 4 is 40.3 Å². The van der Waals surface area contributed by atoms with Crippen LogP contribution in [-0.4, -0.2) is 61.8 Å². The maximum Gasteiger partial charge on any atom is 0.416 e. The number of aliphatic imine (C=N–C) groups is 1. The highest BCUT2D eigenvalue weighted by Crippen LogP contribution is 2.47. The van der Waals surface area contributed by atoms with Crippen LogP contribution in [0.2, 0.25) is 0 Å². The van der Waals surface area contributed by atoms with Gasteiger partial charge in [-0.3, -0.25) is 9.69 Å². The van der Waals surface area contributed by atoms with Gasteiger partial charge in [-0.15, -0.1) is 11.3 Å². The molecule has 2 aliphatic rings. The molecule has 0 bridgehead atoms. The van der Waals surface area contributed by atoms with Crippen molar-refractivity contribution in [1.82, 2.24) is 4.90 Å². The number of benzene rings is 2. The molecule has 1 saturated heterocycles. The number of rotatable bonds is 7. The Balaban J connectivity index is 1.59. The third-order valence-corrected chi connectivity index (χ3v) is 8.49. The number of ether oxygens (including phenoxy) is 2. The van der Waals surface area contributed by atoms with Crippen molar-refractivity contribution in [3.8, 4) is 11.5 Å². The maximum atomic E-state index is 13.9. The van der Waals surface area contributed by atoms with E-state index in [-0.39, 0.29) is 23.9 Å². The molecular weight excluding hydrogens is 557 g/mol. The molecule has 2 aromatic carbocycles. The first-order valence-electron chi connectivity index (χ1n) is 13.2. The van der Waals surface area contributed by atoms with E-state index < -0.39 is 23.8 Å². The largest absolute Gasteiger partial charge is 0.497 e. The smallest absolute Gasteiger partial charge is 0.416 e. The number of nitrogens with zero attached hydrogens (tertiary/aromatic N) is 4. The predicted octanol–water partition coefficient (Wildman–Crippen LogP) is 6.41. The molecule has 2 atom stereocenters. The number of anilines is 2. The van der Waals surface area contributed by atoms with Gasteiger partial charge < -0.3 is 24.4 Å². The van der Waals surface area contributed by atoms with Gasteiger partial charge in [-0.05, 0) is 48.2 Å². The lowest BCUT2D eigenvalue weighted by Crippen LogP contribution is -2.59. The zero-order valence-electron chi connectivity index (χ0n) is 22.9. The number of aliphatic carboxylic acids is 1. The van der Waals surface area contributed by atoms with Gasteiger partial charge in [0.1, 0.15) is 11.5 Å². The highest BCUT2D eigenvalue weighted by molar-refractivity contribution is 7.10. The van der Waals surface area contributed by atoms with Gasteiger partial charge in [-0.2, -0.15) is 13.2 Å². The van der Waals surface area contributed by atoms with Crippen LogP contribution in [0.15, 0.2) is 58.9 Å².